The summed E-state index contributed by atoms with van der Waals surface area (Å²) in [6.07, 6.45) is 6.01. The first-order chi connectivity index (χ1) is 4.35. The lowest BCUT2D eigenvalue weighted by Crippen LogP contribution is -1.80. The molecule has 0 fully saturated rings. The van der Waals surface area contributed by atoms with E-state index < -0.39 is 0 Å². The van der Waals surface area contributed by atoms with Crippen LogP contribution in [-0.4, -0.2) is 5.33 Å². The van der Waals surface area contributed by atoms with Crippen LogP contribution in [0.4, 0.5) is 0 Å². The van der Waals surface area contributed by atoms with Gasteiger partial charge >= 0.3 is 0 Å². The molecule has 0 amide bonds. The second-order valence-electron chi connectivity index (χ2n) is 2.14. The molecule has 0 rings (SSSR count). The predicted octanol–water partition coefficient (Wildman–Crippen LogP) is 3.52. The van der Waals surface area contributed by atoms with Gasteiger partial charge in [0.1, 0.15) is 0 Å². The highest BCUT2D eigenvalue weighted by molar-refractivity contribution is 9.09. The summed E-state index contributed by atoms with van der Waals surface area (Å²) >= 11 is 3.44. The van der Waals surface area contributed by atoms with Crippen LogP contribution in [0.3, 0.4) is 0 Å². The third-order valence-electron chi connectivity index (χ3n) is 1.35. The van der Waals surface area contributed by atoms with Crippen molar-refractivity contribution in [1.29, 1.82) is 0 Å². The monoisotopic (exact) mass is 190 g/mol. The maximum absolute atomic E-state index is 3.44. The number of allylic oxidation sites excluding steroid dienone is 2. The second-order valence-corrected chi connectivity index (χ2v) is 2.70. The zero-order valence-electron chi connectivity index (χ0n) is 6.28. The van der Waals surface area contributed by atoms with Crippen molar-refractivity contribution in [3.63, 3.8) is 0 Å². The molecule has 0 aliphatic rings. The average Bonchev–Trinajstić information content (AvgIpc) is 1.91. The lowest BCUT2D eigenvalue weighted by atomic mass is 10.2. The highest BCUT2D eigenvalue weighted by Gasteiger charge is 1.87. The van der Waals surface area contributed by atoms with Gasteiger partial charge in [-0.3, -0.25) is 0 Å². The van der Waals surface area contributed by atoms with Gasteiger partial charge in [0.05, 0.1) is 0 Å². The van der Waals surface area contributed by atoms with Gasteiger partial charge in [0, 0.05) is 5.33 Å². The van der Waals surface area contributed by atoms with Gasteiger partial charge in [0.2, 0.25) is 0 Å². The normalized spacial score (nSPS) is 12.1. The van der Waals surface area contributed by atoms with Crippen LogP contribution in [-0.2, 0) is 0 Å². The summed E-state index contributed by atoms with van der Waals surface area (Å²) in [6, 6.07) is 0. The van der Waals surface area contributed by atoms with E-state index in [4.69, 9.17) is 0 Å². The average molecular weight is 191 g/mol. The van der Waals surface area contributed by atoms with E-state index in [9.17, 15) is 0 Å². The predicted molar refractivity (Wildman–Crippen MR) is 47.1 cm³/mol. The van der Waals surface area contributed by atoms with Gasteiger partial charge in [-0.15, -0.1) is 0 Å². The van der Waals surface area contributed by atoms with Crippen molar-refractivity contribution >= 4 is 15.9 Å². The molecular formula is C8H15Br. The van der Waals surface area contributed by atoms with Crippen LogP contribution in [0.2, 0.25) is 0 Å². The van der Waals surface area contributed by atoms with Crippen molar-refractivity contribution in [3.05, 3.63) is 11.6 Å². The number of hydrogen-bond donors (Lipinski definition) is 0. The van der Waals surface area contributed by atoms with Crippen LogP contribution in [0.25, 0.3) is 0 Å². The van der Waals surface area contributed by atoms with Crippen molar-refractivity contribution in [1.82, 2.24) is 0 Å². The highest BCUT2D eigenvalue weighted by Crippen LogP contribution is 2.06. The van der Waals surface area contributed by atoms with Crippen molar-refractivity contribution < 1.29 is 0 Å². The van der Waals surface area contributed by atoms with Crippen LogP contribution in [0.15, 0.2) is 11.6 Å². The Morgan fingerprint density at radius 2 is 2.11 bits per heavy atom. The minimum atomic E-state index is 1.05. The Kier molecular flexibility index (Phi) is 6.50. The third kappa shape index (κ3) is 4.71. The van der Waals surface area contributed by atoms with E-state index in [1.54, 1.807) is 0 Å². The SMILES string of the molecule is CCCC=C(CC)CBr. The number of halogens is 1. The van der Waals surface area contributed by atoms with Crippen molar-refractivity contribution in [2.24, 2.45) is 0 Å². The second kappa shape index (κ2) is 6.34. The van der Waals surface area contributed by atoms with Gasteiger partial charge in [-0.1, -0.05) is 47.8 Å². The zero-order valence-corrected chi connectivity index (χ0v) is 7.87. The Labute approximate surface area is 66.5 Å². The van der Waals surface area contributed by atoms with Gasteiger partial charge in [0.15, 0.2) is 0 Å². The van der Waals surface area contributed by atoms with E-state index >= 15 is 0 Å². The molecule has 54 valence electrons. The third-order valence-corrected chi connectivity index (χ3v) is 2.07. The molecule has 0 spiro atoms. The van der Waals surface area contributed by atoms with Crippen molar-refractivity contribution in [2.45, 2.75) is 33.1 Å². The molecule has 0 saturated carbocycles. The van der Waals surface area contributed by atoms with Crippen molar-refractivity contribution in [2.75, 3.05) is 5.33 Å². The maximum Gasteiger partial charge on any atom is 0.0241 e. The van der Waals surface area contributed by atoms with E-state index in [0.29, 0.717) is 0 Å². The van der Waals surface area contributed by atoms with Gasteiger partial charge in [0.25, 0.3) is 0 Å². The first-order valence-corrected chi connectivity index (χ1v) is 4.71. The first kappa shape index (κ1) is 9.22. The Hall–Kier alpha value is 0.220. The maximum atomic E-state index is 3.44. The molecule has 0 aromatic heterocycles. The molecule has 0 aromatic rings. The Balaban J connectivity index is 3.48. The number of hydrogen-bond acceptors (Lipinski definition) is 0. The quantitative estimate of drug-likeness (QED) is 0.471. The summed E-state index contributed by atoms with van der Waals surface area (Å²) in [5, 5.41) is 1.05. The van der Waals surface area contributed by atoms with E-state index in [1.165, 1.54) is 24.8 Å². The molecule has 9 heavy (non-hydrogen) atoms. The molecule has 0 N–H and O–H groups in total. The molecule has 0 aliphatic carbocycles. The fourth-order valence-corrected chi connectivity index (χ4v) is 1.27. The minimum absolute atomic E-state index is 1.05. The minimum Gasteiger partial charge on any atom is -0.0880 e. The van der Waals surface area contributed by atoms with E-state index in [1.807, 2.05) is 0 Å². The lowest BCUT2D eigenvalue weighted by Gasteiger charge is -1.96. The van der Waals surface area contributed by atoms with Crippen LogP contribution in [0.5, 0.6) is 0 Å². The molecule has 0 atom stereocenters. The van der Waals surface area contributed by atoms with Gasteiger partial charge in [-0.2, -0.15) is 0 Å². The summed E-state index contributed by atoms with van der Waals surface area (Å²) < 4.78 is 0. The Morgan fingerprint density at radius 3 is 2.44 bits per heavy atom. The summed E-state index contributed by atoms with van der Waals surface area (Å²) in [5.74, 6) is 0. The van der Waals surface area contributed by atoms with Crippen LogP contribution >= 0.6 is 15.9 Å². The fraction of sp³-hybridized carbons (Fsp3) is 0.750. The molecule has 0 bridgehead atoms. The number of unbranched alkanes of at least 4 members (excludes halogenated alkanes) is 1. The van der Waals surface area contributed by atoms with Crippen LogP contribution in [0, 0.1) is 0 Å². The first-order valence-electron chi connectivity index (χ1n) is 3.59. The zero-order chi connectivity index (χ0) is 7.11. The van der Waals surface area contributed by atoms with Crippen LogP contribution < -0.4 is 0 Å². The molecule has 0 radical (unpaired) electrons. The highest BCUT2D eigenvalue weighted by atomic mass is 79.9. The molecule has 0 aliphatic heterocycles. The molecule has 0 unspecified atom stereocenters. The molecule has 0 heterocycles. The summed E-state index contributed by atoms with van der Waals surface area (Å²) in [6.45, 7) is 4.40. The van der Waals surface area contributed by atoms with E-state index in [2.05, 4.69) is 35.9 Å². The number of rotatable bonds is 4. The lowest BCUT2D eigenvalue weighted by molar-refractivity contribution is 0.936. The molecule has 0 saturated heterocycles. The van der Waals surface area contributed by atoms with E-state index in [-0.39, 0.29) is 0 Å². The Morgan fingerprint density at radius 1 is 1.44 bits per heavy atom. The summed E-state index contributed by atoms with van der Waals surface area (Å²) in [4.78, 5) is 0. The van der Waals surface area contributed by atoms with Crippen molar-refractivity contribution in [3.8, 4) is 0 Å². The summed E-state index contributed by atoms with van der Waals surface area (Å²) in [5.41, 5.74) is 1.52. The van der Waals surface area contributed by atoms with Gasteiger partial charge in [-0.05, 0) is 12.8 Å². The van der Waals surface area contributed by atoms with Crippen LogP contribution in [0.1, 0.15) is 33.1 Å². The molecule has 1 heteroatoms. The largest absolute Gasteiger partial charge is 0.0880 e. The van der Waals surface area contributed by atoms with E-state index in [0.717, 1.165) is 5.33 Å². The molecular weight excluding hydrogens is 176 g/mol. The van der Waals surface area contributed by atoms with Gasteiger partial charge in [-0.25, -0.2) is 0 Å². The Bertz CT molecular complexity index is 78.6. The fourth-order valence-electron chi connectivity index (χ4n) is 0.642. The summed E-state index contributed by atoms with van der Waals surface area (Å²) in [7, 11) is 0. The number of alkyl halides is 1. The standard InChI is InChI=1S/C8H15Br/c1-3-5-6-8(4-2)7-9/h6H,3-5,7H2,1-2H3. The molecule has 0 nitrogen and oxygen atoms in total. The topological polar surface area (TPSA) is 0 Å². The molecule has 0 aromatic carbocycles. The smallest absolute Gasteiger partial charge is 0.0241 e. The van der Waals surface area contributed by atoms with Gasteiger partial charge < -0.3 is 0 Å².